The molecule has 4 heteroatoms. The summed E-state index contributed by atoms with van der Waals surface area (Å²) in [5.74, 6) is 1.33. The maximum Gasteiger partial charge on any atom is 0.0652 e. The lowest BCUT2D eigenvalue weighted by Crippen LogP contribution is -2.66. The van der Waals surface area contributed by atoms with E-state index in [0.717, 1.165) is 64.5 Å². The second-order valence-corrected chi connectivity index (χ2v) is 14.5. The van der Waals surface area contributed by atoms with Crippen LogP contribution in [-0.4, -0.2) is 46.2 Å². The van der Waals surface area contributed by atoms with Crippen molar-refractivity contribution in [2.75, 3.05) is 13.1 Å². The van der Waals surface area contributed by atoms with Gasteiger partial charge in [-0.1, -0.05) is 41.5 Å². The van der Waals surface area contributed by atoms with Gasteiger partial charge in [-0.2, -0.15) is 0 Å². The van der Waals surface area contributed by atoms with E-state index in [-0.39, 0.29) is 45.7 Å². The van der Waals surface area contributed by atoms with Crippen molar-refractivity contribution in [3.05, 3.63) is 0 Å². The molecular formula is C30H55NO3. The SMILES string of the molecule is CCCNCCC[C@](C)(O)[C@H]1CC[C@]2(C)C1[C@H](O)CC1[C@@]3(C)CC[C@H](O)C(C)(C)C3CC[C@]12C. The van der Waals surface area contributed by atoms with Crippen molar-refractivity contribution in [2.24, 2.45) is 45.3 Å². The highest BCUT2D eigenvalue weighted by Gasteiger charge is 2.71. The molecule has 4 rings (SSSR count). The lowest BCUT2D eigenvalue weighted by Gasteiger charge is -2.70. The number of nitrogens with one attached hydrogen (secondary N) is 1. The molecule has 198 valence electrons. The standard InChI is InChI=1S/C30H55NO3/c1-8-17-31-18-9-13-30(7,34)20-10-15-29(6)25(20)21(32)19-23-27(4)14-12-24(33)26(2,3)22(27)11-16-28(23,29)5/h20-25,31-34H,8-19H2,1-7H3/t20-,21+,22?,23?,24-,25?,27-,28+,29+,30-/m0/s1. The molecule has 10 atom stereocenters. The van der Waals surface area contributed by atoms with E-state index in [2.05, 4.69) is 46.9 Å². The Bertz CT molecular complexity index is 737. The van der Waals surface area contributed by atoms with Gasteiger partial charge in [-0.25, -0.2) is 0 Å². The fourth-order valence-corrected chi connectivity index (χ4v) is 10.5. The summed E-state index contributed by atoms with van der Waals surface area (Å²) in [5, 5.41) is 37.8. The molecule has 0 radical (unpaired) electrons. The maximum atomic E-state index is 11.8. The minimum atomic E-state index is -0.724. The fourth-order valence-electron chi connectivity index (χ4n) is 10.5. The molecule has 4 N–H and O–H groups in total. The van der Waals surface area contributed by atoms with Gasteiger partial charge in [0, 0.05) is 0 Å². The molecule has 3 unspecified atom stereocenters. The Labute approximate surface area is 209 Å². The average Bonchev–Trinajstić information content (AvgIpc) is 3.14. The molecule has 34 heavy (non-hydrogen) atoms. The van der Waals surface area contributed by atoms with Gasteiger partial charge in [-0.15, -0.1) is 0 Å². The van der Waals surface area contributed by atoms with Crippen LogP contribution in [0.15, 0.2) is 0 Å². The summed E-state index contributed by atoms with van der Waals surface area (Å²) < 4.78 is 0. The van der Waals surface area contributed by atoms with Gasteiger partial charge < -0.3 is 20.6 Å². The lowest BCUT2D eigenvalue weighted by molar-refractivity contribution is -0.246. The van der Waals surface area contributed by atoms with Crippen LogP contribution in [0.3, 0.4) is 0 Å². The molecule has 4 fully saturated rings. The zero-order valence-electron chi connectivity index (χ0n) is 23.3. The van der Waals surface area contributed by atoms with Crippen molar-refractivity contribution in [1.29, 1.82) is 0 Å². The minimum Gasteiger partial charge on any atom is -0.393 e. The molecule has 4 nitrogen and oxygen atoms in total. The van der Waals surface area contributed by atoms with E-state index in [1.807, 2.05) is 6.92 Å². The number of aliphatic hydroxyl groups excluding tert-OH is 2. The number of aliphatic hydroxyl groups is 3. The molecule has 0 aromatic heterocycles. The van der Waals surface area contributed by atoms with E-state index >= 15 is 0 Å². The van der Waals surface area contributed by atoms with Crippen LogP contribution in [0.4, 0.5) is 0 Å². The summed E-state index contributed by atoms with van der Waals surface area (Å²) in [6, 6.07) is 0. The highest BCUT2D eigenvalue weighted by molar-refractivity contribution is 5.19. The van der Waals surface area contributed by atoms with E-state index in [0.29, 0.717) is 11.8 Å². The van der Waals surface area contributed by atoms with Gasteiger partial charge in [0.15, 0.2) is 0 Å². The fraction of sp³-hybridized carbons (Fsp3) is 1.00. The third-order valence-corrected chi connectivity index (χ3v) is 12.6. The Morgan fingerprint density at radius 2 is 1.56 bits per heavy atom. The first kappa shape index (κ1) is 26.9. The van der Waals surface area contributed by atoms with Gasteiger partial charge >= 0.3 is 0 Å². The monoisotopic (exact) mass is 477 g/mol. The van der Waals surface area contributed by atoms with Crippen LogP contribution in [0.2, 0.25) is 0 Å². The average molecular weight is 478 g/mol. The van der Waals surface area contributed by atoms with Crippen molar-refractivity contribution < 1.29 is 15.3 Å². The molecule has 0 aromatic carbocycles. The summed E-state index contributed by atoms with van der Waals surface area (Å²) in [5.41, 5.74) is -0.397. The summed E-state index contributed by atoms with van der Waals surface area (Å²) in [4.78, 5) is 0. The van der Waals surface area contributed by atoms with Crippen LogP contribution in [0.5, 0.6) is 0 Å². The van der Waals surface area contributed by atoms with Crippen molar-refractivity contribution in [3.8, 4) is 0 Å². The van der Waals surface area contributed by atoms with Crippen molar-refractivity contribution in [1.82, 2.24) is 5.32 Å². The van der Waals surface area contributed by atoms with Crippen LogP contribution >= 0.6 is 0 Å². The van der Waals surface area contributed by atoms with Crippen LogP contribution in [0.1, 0.15) is 113 Å². The molecule has 0 aromatic rings. The molecular weight excluding hydrogens is 422 g/mol. The number of hydrogen-bond donors (Lipinski definition) is 4. The Morgan fingerprint density at radius 1 is 0.882 bits per heavy atom. The van der Waals surface area contributed by atoms with Gasteiger partial charge in [-0.05, 0) is 130 Å². The summed E-state index contributed by atoms with van der Waals surface area (Å²) in [6.45, 7) is 18.3. The van der Waals surface area contributed by atoms with E-state index in [4.69, 9.17) is 0 Å². The quantitative estimate of drug-likeness (QED) is 0.364. The van der Waals surface area contributed by atoms with Gasteiger partial charge in [0.25, 0.3) is 0 Å². The Kier molecular flexibility index (Phi) is 7.11. The normalized spacial score (nSPS) is 49.6. The van der Waals surface area contributed by atoms with Crippen molar-refractivity contribution >= 4 is 0 Å². The molecule has 0 bridgehead atoms. The highest BCUT2D eigenvalue weighted by atomic mass is 16.3. The third-order valence-electron chi connectivity index (χ3n) is 12.6. The lowest BCUT2D eigenvalue weighted by atomic mass is 9.35. The molecule has 4 aliphatic carbocycles. The van der Waals surface area contributed by atoms with Gasteiger partial charge in [0.05, 0.1) is 17.8 Å². The van der Waals surface area contributed by atoms with Crippen molar-refractivity contribution in [2.45, 2.75) is 130 Å². The van der Waals surface area contributed by atoms with Crippen LogP contribution < -0.4 is 5.32 Å². The Hall–Kier alpha value is -0.160. The predicted octanol–water partition coefficient (Wildman–Crippen LogP) is 5.53. The van der Waals surface area contributed by atoms with Crippen LogP contribution in [-0.2, 0) is 0 Å². The van der Waals surface area contributed by atoms with Crippen molar-refractivity contribution in [3.63, 3.8) is 0 Å². The highest BCUT2D eigenvalue weighted by Crippen LogP contribution is 2.75. The van der Waals surface area contributed by atoms with Crippen LogP contribution in [0.25, 0.3) is 0 Å². The summed E-state index contributed by atoms with van der Waals surface area (Å²) >= 11 is 0. The van der Waals surface area contributed by atoms with Gasteiger partial charge in [0.2, 0.25) is 0 Å². The Morgan fingerprint density at radius 3 is 2.24 bits per heavy atom. The first-order chi connectivity index (χ1) is 15.8. The molecule has 0 saturated heterocycles. The minimum absolute atomic E-state index is 0.0542. The smallest absolute Gasteiger partial charge is 0.0652 e. The summed E-state index contributed by atoms with van der Waals surface area (Å²) in [7, 11) is 0. The predicted molar refractivity (Wildman–Crippen MR) is 139 cm³/mol. The molecule has 0 spiro atoms. The topological polar surface area (TPSA) is 72.7 Å². The number of fused-ring (bicyclic) bond motifs is 5. The summed E-state index contributed by atoms with van der Waals surface area (Å²) in [6.07, 6.45) is 9.69. The molecule has 4 saturated carbocycles. The van der Waals surface area contributed by atoms with E-state index in [1.54, 1.807) is 0 Å². The molecule has 0 aliphatic heterocycles. The second-order valence-electron chi connectivity index (χ2n) is 14.5. The first-order valence-electron chi connectivity index (χ1n) is 14.5. The van der Waals surface area contributed by atoms with Crippen LogP contribution in [0, 0.1) is 45.3 Å². The van der Waals surface area contributed by atoms with E-state index < -0.39 is 5.60 Å². The molecule has 0 heterocycles. The zero-order valence-corrected chi connectivity index (χ0v) is 23.3. The van der Waals surface area contributed by atoms with Gasteiger partial charge in [0.1, 0.15) is 0 Å². The zero-order chi connectivity index (χ0) is 25.2. The number of hydrogen-bond acceptors (Lipinski definition) is 4. The maximum absolute atomic E-state index is 11.8. The number of rotatable bonds is 7. The van der Waals surface area contributed by atoms with Gasteiger partial charge in [-0.3, -0.25) is 0 Å². The second kappa shape index (κ2) is 8.99. The first-order valence-corrected chi connectivity index (χ1v) is 14.5. The van der Waals surface area contributed by atoms with E-state index in [1.165, 1.54) is 12.8 Å². The third kappa shape index (κ3) is 3.84. The van der Waals surface area contributed by atoms with E-state index in [9.17, 15) is 15.3 Å². The molecule has 0 amide bonds. The largest absolute Gasteiger partial charge is 0.393 e. The Balaban J connectivity index is 1.59. The molecule has 4 aliphatic rings.